The number of anilines is 1. The van der Waals surface area contributed by atoms with Crippen LogP contribution in [-0.4, -0.2) is 82.3 Å². The third-order valence-electron chi connectivity index (χ3n) is 6.34. The van der Waals surface area contributed by atoms with Crippen molar-refractivity contribution in [1.82, 2.24) is 24.3 Å². The van der Waals surface area contributed by atoms with Gasteiger partial charge in [0.15, 0.2) is 0 Å². The van der Waals surface area contributed by atoms with E-state index in [4.69, 9.17) is 0 Å². The number of hydrogen-bond donors (Lipinski definition) is 1. The largest absolute Gasteiger partial charge is 0.354 e. The van der Waals surface area contributed by atoms with E-state index in [1.807, 2.05) is 17.0 Å². The van der Waals surface area contributed by atoms with Crippen LogP contribution in [0.25, 0.3) is 0 Å². The van der Waals surface area contributed by atoms with Crippen LogP contribution in [0.5, 0.6) is 0 Å². The molecule has 39 heavy (non-hydrogen) atoms. The summed E-state index contributed by atoms with van der Waals surface area (Å²) in [6.45, 7) is 1.40. The van der Waals surface area contributed by atoms with Crippen LogP contribution >= 0.6 is 0 Å². The molecule has 1 unspecified atom stereocenters. The number of carbonyl (C=O) groups is 1. The molecular weight excluding hydrogens is 523 g/mol. The molecule has 0 bridgehead atoms. The molecule has 1 amide bonds. The fraction of sp³-hybridized carbons (Fsp3) is 0.333. The Bertz CT molecular complexity index is 1390. The van der Waals surface area contributed by atoms with E-state index in [9.17, 15) is 22.8 Å². The van der Waals surface area contributed by atoms with Crippen molar-refractivity contribution in [1.29, 1.82) is 0 Å². The summed E-state index contributed by atoms with van der Waals surface area (Å²) in [7, 11) is -3.73. The molecule has 3 heterocycles. The molecule has 1 aromatic carbocycles. The molecule has 1 N–H and O–H groups in total. The SMILES string of the molecule is O=CN(O)C(CCCc1ncccn1)CS(=O)(=O)N1CCN(c2ccc(C#Cc3ccc(F)cc3)cn2)CC1. The Balaban J connectivity index is 1.30. The van der Waals surface area contributed by atoms with E-state index in [1.165, 1.54) is 16.4 Å². The molecule has 10 nitrogen and oxygen atoms in total. The normalized spacial score (nSPS) is 14.8. The minimum absolute atomic E-state index is 0.233. The first-order chi connectivity index (χ1) is 18.8. The van der Waals surface area contributed by atoms with E-state index >= 15 is 0 Å². The van der Waals surface area contributed by atoms with Crippen LogP contribution in [0.1, 0.15) is 29.8 Å². The van der Waals surface area contributed by atoms with Gasteiger partial charge in [-0.1, -0.05) is 11.8 Å². The number of benzene rings is 1. The molecule has 12 heteroatoms. The summed E-state index contributed by atoms with van der Waals surface area (Å²) in [6.07, 6.45) is 6.44. The van der Waals surface area contributed by atoms with Gasteiger partial charge in [-0.05, 0) is 55.3 Å². The third kappa shape index (κ3) is 8.03. The van der Waals surface area contributed by atoms with Gasteiger partial charge in [0.2, 0.25) is 16.4 Å². The molecule has 0 aliphatic carbocycles. The van der Waals surface area contributed by atoms with Crippen LogP contribution in [0.2, 0.25) is 0 Å². The molecule has 3 aromatic rings. The highest BCUT2D eigenvalue weighted by atomic mass is 32.2. The van der Waals surface area contributed by atoms with Gasteiger partial charge >= 0.3 is 0 Å². The van der Waals surface area contributed by atoms with Gasteiger partial charge in [0.05, 0.1) is 11.8 Å². The van der Waals surface area contributed by atoms with Crippen molar-refractivity contribution >= 4 is 22.3 Å². The second kappa shape index (κ2) is 13.2. The fourth-order valence-corrected chi connectivity index (χ4v) is 5.94. The van der Waals surface area contributed by atoms with Gasteiger partial charge in [-0.2, -0.15) is 4.31 Å². The van der Waals surface area contributed by atoms with E-state index in [1.54, 1.807) is 36.8 Å². The fourth-order valence-electron chi connectivity index (χ4n) is 4.20. The number of piperazine rings is 1. The zero-order chi connectivity index (χ0) is 27.7. The van der Waals surface area contributed by atoms with E-state index in [0.717, 1.165) is 0 Å². The predicted octanol–water partition coefficient (Wildman–Crippen LogP) is 2.10. The van der Waals surface area contributed by atoms with E-state index in [-0.39, 0.29) is 37.5 Å². The number of hydrogen-bond acceptors (Lipinski definition) is 8. The summed E-state index contributed by atoms with van der Waals surface area (Å²) in [5.41, 5.74) is 1.40. The van der Waals surface area contributed by atoms with Crippen LogP contribution in [0.4, 0.5) is 10.2 Å². The lowest BCUT2D eigenvalue weighted by atomic mass is 10.1. The van der Waals surface area contributed by atoms with Crippen LogP contribution in [0.15, 0.2) is 61.1 Å². The summed E-state index contributed by atoms with van der Waals surface area (Å²) in [5.74, 6) is 6.60. The first kappa shape index (κ1) is 28.1. The van der Waals surface area contributed by atoms with Crippen molar-refractivity contribution in [2.45, 2.75) is 25.3 Å². The topological polar surface area (TPSA) is 120 Å². The number of aromatic nitrogens is 3. The lowest BCUT2D eigenvalue weighted by molar-refractivity contribution is -0.158. The quantitative estimate of drug-likeness (QED) is 0.176. The number of carbonyl (C=O) groups excluding carboxylic acids is 1. The second-order valence-electron chi connectivity index (χ2n) is 9.02. The molecule has 0 saturated carbocycles. The van der Waals surface area contributed by atoms with Crippen LogP contribution in [-0.2, 0) is 21.2 Å². The molecule has 1 aliphatic heterocycles. The number of hydroxylamine groups is 2. The van der Waals surface area contributed by atoms with Crippen LogP contribution in [0.3, 0.4) is 0 Å². The molecule has 1 aliphatic rings. The molecule has 0 radical (unpaired) electrons. The van der Waals surface area contributed by atoms with Gasteiger partial charge in [-0.25, -0.2) is 32.8 Å². The Labute approximate surface area is 227 Å². The van der Waals surface area contributed by atoms with E-state index < -0.39 is 16.1 Å². The van der Waals surface area contributed by atoms with Crippen molar-refractivity contribution in [3.05, 3.63) is 83.8 Å². The van der Waals surface area contributed by atoms with Crippen molar-refractivity contribution in [3.8, 4) is 11.8 Å². The monoisotopic (exact) mass is 552 g/mol. The maximum atomic E-state index is 13.1. The van der Waals surface area contributed by atoms with Gasteiger partial charge < -0.3 is 4.90 Å². The third-order valence-corrected chi connectivity index (χ3v) is 8.30. The minimum Gasteiger partial charge on any atom is -0.354 e. The highest BCUT2D eigenvalue weighted by molar-refractivity contribution is 7.89. The smallest absolute Gasteiger partial charge is 0.233 e. The molecule has 1 fully saturated rings. The first-order valence-electron chi connectivity index (χ1n) is 12.5. The lowest BCUT2D eigenvalue weighted by Gasteiger charge is -2.35. The number of nitrogens with zero attached hydrogens (tertiary/aromatic N) is 6. The summed E-state index contributed by atoms with van der Waals surface area (Å²) in [6, 6.07) is 10.4. The van der Waals surface area contributed by atoms with Gasteiger partial charge in [0.25, 0.3) is 0 Å². The van der Waals surface area contributed by atoms with Crippen LogP contribution < -0.4 is 4.90 Å². The molecule has 1 saturated heterocycles. The van der Waals surface area contributed by atoms with Crippen LogP contribution in [0, 0.1) is 17.7 Å². The summed E-state index contributed by atoms with van der Waals surface area (Å²) in [4.78, 5) is 25.9. The summed E-state index contributed by atoms with van der Waals surface area (Å²) in [5, 5.41) is 10.4. The summed E-state index contributed by atoms with van der Waals surface area (Å²) >= 11 is 0. The maximum Gasteiger partial charge on any atom is 0.233 e. The van der Waals surface area contributed by atoms with Gasteiger partial charge in [0, 0.05) is 62.3 Å². The minimum atomic E-state index is -3.73. The van der Waals surface area contributed by atoms with E-state index in [0.29, 0.717) is 53.8 Å². The number of pyridine rings is 1. The lowest BCUT2D eigenvalue weighted by Crippen LogP contribution is -2.51. The zero-order valence-electron chi connectivity index (χ0n) is 21.2. The standard InChI is InChI=1S/C27H29FN6O4S/c28-24-10-7-22(8-11-24)5-6-23-9-12-27(31-19-23)32-15-17-33(18-16-32)39(37,38)20-25(34(36)21-35)3-1-4-26-29-13-2-14-30-26/h2,7-14,19,21,25,36H,1,3-4,15-18,20H2. The summed E-state index contributed by atoms with van der Waals surface area (Å²) < 4.78 is 40.7. The Hall–Kier alpha value is -3.92. The maximum absolute atomic E-state index is 13.1. The second-order valence-corrected chi connectivity index (χ2v) is 11.0. The Morgan fingerprint density at radius 1 is 1.00 bits per heavy atom. The number of aryl methyl sites for hydroxylation is 1. The van der Waals surface area contributed by atoms with Gasteiger partial charge in [-0.3, -0.25) is 10.0 Å². The number of halogens is 1. The molecule has 4 rings (SSSR count). The molecular formula is C27H29FN6O4S. The average molecular weight is 553 g/mol. The number of amides is 1. The first-order valence-corrected chi connectivity index (χ1v) is 14.1. The Morgan fingerprint density at radius 3 is 2.31 bits per heavy atom. The van der Waals surface area contributed by atoms with Crippen molar-refractivity contribution in [2.24, 2.45) is 0 Å². The van der Waals surface area contributed by atoms with Crippen molar-refractivity contribution in [3.63, 3.8) is 0 Å². The van der Waals surface area contributed by atoms with Crippen molar-refractivity contribution < 1.29 is 22.8 Å². The zero-order valence-corrected chi connectivity index (χ0v) is 22.0. The van der Waals surface area contributed by atoms with Gasteiger partial charge in [-0.15, -0.1) is 0 Å². The van der Waals surface area contributed by atoms with Crippen molar-refractivity contribution in [2.75, 3.05) is 36.8 Å². The molecule has 2 aromatic heterocycles. The molecule has 1 atom stereocenters. The van der Waals surface area contributed by atoms with E-state index in [2.05, 4.69) is 26.8 Å². The number of rotatable bonds is 10. The average Bonchev–Trinajstić information content (AvgIpc) is 2.97. The highest BCUT2D eigenvalue weighted by Crippen LogP contribution is 2.18. The Kier molecular flexibility index (Phi) is 9.54. The molecule has 204 valence electrons. The predicted molar refractivity (Wildman–Crippen MR) is 143 cm³/mol. The Morgan fingerprint density at radius 2 is 1.67 bits per heavy atom. The van der Waals surface area contributed by atoms with Gasteiger partial charge in [0.1, 0.15) is 17.5 Å². The number of sulfonamides is 1. The highest BCUT2D eigenvalue weighted by Gasteiger charge is 2.31. The molecule has 0 spiro atoms.